The third kappa shape index (κ3) is 3.50. The van der Waals surface area contributed by atoms with Gasteiger partial charge in [-0.05, 0) is 35.2 Å². The Morgan fingerprint density at radius 2 is 1.79 bits per heavy atom. The van der Waals surface area contributed by atoms with Gasteiger partial charge in [-0.15, -0.1) is 0 Å². The molecule has 0 amide bonds. The van der Waals surface area contributed by atoms with E-state index < -0.39 is 0 Å². The van der Waals surface area contributed by atoms with Crippen LogP contribution >= 0.6 is 0 Å². The van der Waals surface area contributed by atoms with E-state index in [1.807, 2.05) is 7.05 Å². The van der Waals surface area contributed by atoms with Gasteiger partial charge in [0.25, 0.3) is 0 Å². The zero-order valence-corrected chi connectivity index (χ0v) is 11.9. The number of hydrogen-bond donors (Lipinski definition) is 2. The van der Waals surface area contributed by atoms with E-state index in [1.165, 1.54) is 16.8 Å². The highest BCUT2D eigenvalue weighted by atomic mass is 14.9. The molecule has 19 heavy (non-hydrogen) atoms. The van der Waals surface area contributed by atoms with E-state index in [2.05, 4.69) is 73.0 Å². The summed E-state index contributed by atoms with van der Waals surface area (Å²) in [5.41, 5.74) is 5.03. The van der Waals surface area contributed by atoms with Crippen molar-refractivity contribution in [2.45, 2.75) is 26.3 Å². The van der Waals surface area contributed by atoms with Gasteiger partial charge in [0.2, 0.25) is 0 Å². The maximum Gasteiger partial charge on any atom is 0.0401 e. The average molecular weight is 254 g/mol. The van der Waals surface area contributed by atoms with Gasteiger partial charge < -0.3 is 10.6 Å². The van der Waals surface area contributed by atoms with Gasteiger partial charge in [0, 0.05) is 25.0 Å². The van der Waals surface area contributed by atoms with Crippen LogP contribution in [0, 0.1) is 0 Å². The number of nitrogens with one attached hydrogen (secondary N) is 2. The Bertz CT molecular complexity index is 532. The van der Waals surface area contributed by atoms with Crippen molar-refractivity contribution < 1.29 is 0 Å². The van der Waals surface area contributed by atoms with E-state index in [0.29, 0.717) is 5.92 Å². The van der Waals surface area contributed by atoms with Gasteiger partial charge in [-0.2, -0.15) is 0 Å². The largest absolute Gasteiger partial charge is 0.388 e. The summed E-state index contributed by atoms with van der Waals surface area (Å²) in [5.74, 6) is 0.535. The molecule has 0 spiro atoms. The van der Waals surface area contributed by atoms with Crippen molar-refractivity contribution in [3.8, 4) is 0 Å². The molecule has 2 aromatic carbocycles. The van der Waals surface area contributed by atoms with Crippen LogP contribution < -0.4 is 10.6 Å². The first-order chi connectivity index (χ1) is 9.20. The van der Waals surface area contributed by atoms with Crippen molar-refractivity contribution in [3.63, 3.8) is 0 Å². The van der Waals surface area contributed by atoms with Gasteiger partial charge in [0.15, 0.2) is 0 Å². The van der Waals surface area contributed by atoms with Crippen LogP contribution in [0.3, 0.4) is 0 Å². The molecule has 0 unspecified atom stereocenters. The maximum atomic E-state index is 3.53. The second-order valence-electron chi connectivity index (χ2n) is 5.05. The van der Waals surface area contributed by atoms with Crippen LogP contribution in [0.15, 0.2) is 48.5 Å². The SMILES string of the molecule is CNc1cccc(CNc2ccccc2C(C)C)c1. The topological polar surface area (TPSA) is 24.1 Å². The van der Waals surface area contributed by atoms with Crippen LogP contribution in [-0.4, -0.2) is 7.05 Å². The van der Waals surface area contributed by atoms with Crippen LogP contribution in [-0.2, 0) is 6.54 Å². The summed E-state index contributed by atoms with van der Waals surface area (Å²) in [7, 11) is 1.95. The molecule has 2 rings (SSSR count). The van der Waals surface area contributed by atoms with E-state index >= 15 is 0 Å². The van der Waals surface area contributed by atoms with E-state index in [1.54, 1.807) is 0 Å². The van der Waals surface area contributed by atoms with Crippen LogP contribution in [0.5, 0.6) is 0 Å². The summed E-state index contributed by atoms with van der Waals surface area (Å²) in [4.78, 5) is 0. The number of para-hydroxylation sites is 1. The first-order valence-corrected chi connectivity index (χ1v) is 6.80. The summed E-state index contributed by atoms with van der Waals surface area (Å²) in [6, 6.07) is 17.0. The summed E-state index contributed by atoms with van der Waals surface area (Å²) in [6.45, 7) is 5.30. The van der Waals surface area contributed by atoms with Gasteiger partial charge >= 0.3 is 0 Å². The highest BCUT2D eigenvalue weighted by Gasteiger charge is 2.05. The van der Waals surface area contributed by atoms with Gasteiger partial charge in [0.05, 0.1) is 0 Å². The van der Waals surface area contributed by atoms with Crippen molar-refractivity contribution in [1.29, 1.82) is 0 Å². The lowest BCUT2D eigenvalue weighted by atomic mass is 10.0. The van der Waals surface area contributed by atoms with Gasteiger partial charge in [0.1, 0.15) is 0 Å². The van der Waals surface area contributed by atoms with E-state index in [4.69, 9.17) is 0 Å². The Labute approximate surface area is 115 Å². The number of benzene rings is 2. The van der Waals surface area contributed by atoms with Crippen molar-refractivity contribution >= 4 is 11.4 Å². The standard InChI is InChI=1S/C17H22N2/c1-13(2)16-9-4-5-10-17(16)19-12-14-7-6-8-15(11-14)18-3/h4-11,13,18-19H,12H2,1-3H3. The molecule has 2 N–H and O–H groups in total. The van der Waals surface area contributed by atoms with E-state index in [0.717, 1.165) is 12.2 Å². The summed E-state index contributed by atoms with van der Waals surface area (Å²) in [5, 5.41) is 6.70. The molecule has 2 heteroatoms. The minimum Gasteiger partial charge on any atom is -0.388 e. The lowest BCUT2D eigenvalue weighted by Crippen LogP contribution is -2.03. The molecule has 0 fully saturated rings. The molecule has 0 heterocycles. The smallest absolute Gasteiger partial charge is 0.0401 e. The van der Waals surface area contributed by atoms with Crippen molar-refractivity contribution in [2.24, 2.45) is 0 Å². The fourth-order valence-electron chi connectivity index (χ4n) is 2.20. The maximum absolute atomic E-state index is 3.53. The lowest BCUT2D eigenvalue weighted by molar-refractivity contribution is 0.865. The van der Waals surface area contributed by atoms with Crippen molar-refractivity contribution in [1.82, 2.24) is 0 Å². The Morgan fingerprint density at radius 1 is 1.00 bits per heavy atom. The molecule has 0 aliphatic rings. The average Bonchev–Trinajstić information content (AvgIpc) is 2.45. The van der Waals surface area contributed by atoms with Gasteiger partial charge in [-0.1, -0.05) is 44.2 Å². The van der Waals surface area contributed by atoms with Crippen LogP contribution in [0.25, 0.3) is 0 Å². The monoisotopic (exact) mass is 254 g/mol. The molecule has 0 aromatic heterocycles. The summed E-state index contributed by atoms with van der Waals surface area (Å²) < 4.78 is 0. The minimum absolute atomic E-state index is 0.535. The van der Waals surface area contributed by atoms with Crippen LogP contribution in [0.1, 0.15) is 30.9 Å². The normalized spacial score (nSPS) is 10.5. The number of anilines is 2. The fourth-order valence-corrected chi connectivity index (χ4v) is 2.20. The van der Waals surface area contributed by atoms with Crippen LogP contribution in [0.4, 0.5) is 11.4 Å². The zero-order valence-electron chi connectivity index (χ0n) is 11.9. The van der Waals surface area contributed by atoms with Gasteiger partial charge in [-0.25, -0.2) is 0 Å². The predicted molar refractivity (Wildman–Crippen MR) is 83.8 cm³/mol. The summed E-state index contributed by atoms with van der Waals surface area (Å²) in [6.07, 6.45) is 0. The molecule has 100 valence electrons. The Kier molecular flexibility index (Phi) is 4.45. The van der Waals surface area contributed by atoms with E-state index in [9.17, 15) is 0 Å². The fraction of sp³-hybridized carbons (Fsp3) is 0.294. The Morgan fingerprint density at radius 3 is 2.53 bits per heavy atom. The third-order valence-corrected chi connectivity index (χ3v) is 3.28. The number of rotatable bonds is 5. The molecule has 0 atom stereocenters. The molecule has 0 bridgehead atoms. The van der Waals surface area contributed by atoms with Crippen LogP contribution in [0.2, 0.25) is 0 Å². The quantitative estimate of drug-likeness (QED) is 0.823. The molecular formula is C17H22N2. The van der Waals surface area contributed by atoms with Crippen molar-refractivity contribution in [2.75, 3.05) is 17.7 Å². The molecule has 0 aliphatic carbocycles. The lowest BCUT2D eigenvalue weighted by Gasteiger charge is -2.15. The van der Waals surface area contributed by atoms with Crippen molar-refractivity contribution in [3.05, 3.63) is 59.7 Å². The highest BCUT2D eigenvalue weighted by Crippen LogP contribution is 2.24. The Balaban J connectivity index is 2.10. The molecular weight excluding hydrogens is 232 g/mol. The first kappa shape index (κ1) is 13.5. The second kappa shape index (κ2) is 6.28. The zero-order chi connectivity index (χ0) is 13.7. The third-order valence-electron chi connectivity index (χ3n) is 3.28. The first-order valence-electron chi connectivity index (χ1n) is 6.80. The number of hydrogen-bond acceptors (Lipinski definition) is 2. The molecule has 2 nitrogen and oxygen atoms in total. The minimum atomic E-state index is 0.535. The predicted octanol–water partition coefficient (Wildman–Crippen LogP) is 4.46. The molecule has 0 saturated heterocycles. The Hall–Kier alpha value is -1.96. The highest BCUT2D eigenvalue weighted by molar-refractivity contribution is 5.53. The molecule has 0 radical (unpaired) electrons. The second-order valence-corrected chi connectivity index (χ2v) is 5.05. The molecule has 0 saturated carbocycles. The molecule has 2 aromatic rings. The van der Waals surface area contributed by atoms with Gasteiger partial charge in [-0.3, -0.25) is 0 Å². The molecule has 0 aliphatic heterocycles. The summed E-state index contributed by atoms with van der Waals surface area (Å²) >= 11 is 0. The van der Waals surface area contributed by atoms with E-state index in [-0.39, 0.29) is 0 Å².